The lowest BCUT2D eigenvalue weighted by Crippen LogP contribution is -1.97. The van der Waals surface area contributed by atoms with E-state index in [-0.39, 0.29) is 0 Å². The molecule has 0 fully saturated rings. The van der Waals surface area contributed by atoms with Crippen molar-refractivity contribution in [2.24, 2.45) is 0 Å². The minimum Gasteiger partial charge on any atom is -0.437 e. The topological polar surface area (TPSA) is 127 Å². The van der Waals surface area contributed by atoms with Crippen molar-refractivity contribution in [2.45, 2.75) is 41.5 Å². The summed E-state index contributed by atoms with van der Waals surface area (Å²) in [5.74, 6) is 2.65. The van der Waals surface area contributed by atoms with Crippen molar-refractivity contribution >= 4 is 21.8 Å². The number of benzene rings is 2. The van der Waals surface area contributed by atoms with Crippen molar-refractivity contribution in [3.8, 4) is 45.5 Å². The number of ether oxygens (including phenoxy) is 2. The van der Waals surface area contributed by atoms with Gasteiger partial charge in [0, 0.05) is 69.5 Å². The van der Waals surface area contributed by atoms with Gasteiger partial charge in [0.1, 0.15) is 35.2 Å². The number of H-pyrrole nitrogens is 2. The first-order chi connectivity index (χ1) is 24.3. The van der Waals surface area contributed by atoms with E-state index < -0.39 is 0 Å². The van der Waals surface area contributed by atoms with Crippen LogP contribution in [0.5, 0.6) is 23.3 Å². The fourth-order valence-corrected chi connectivity index (χ4v) is 6.21. The van der Waals surface area contributed by atoms with Gasteiger partial charge in [-0.05, 0) is 112 Å². The van der Waals surface area contributed by atoms with Crippen molar-refractivity contribution in [3.05, 3.63) is 132 Å². The van der Waals surface area contributed by atoms with Gasteiger partial charge in [0.05, 0.1) is 0 Å². The highest BCUT2D eigenvalue weighted by Crippen LogP contribution is 2.34. The Bertz CT molecular complexity index is 2270. The molecule has 0 saturated heterocycles. The first-order valence-electron chi connectivity index (χ1n) is 16.2. The van der Waals surface area contributed by atoms with Crippen LogP contribution < -0.4 is 9.47 Å². The lowest BCUT2D eigenvalue weighted by atomic mass is 9.98. The van der Waals surface area contributed by atoms with Crippen molar-refractivity contribution in [2.75, 3.05) is 0 Å². The Kier molecular flexibility index (Phi) is 8.74. The molecule has 2 aromatic carbocycles. The van der Waals surface area contributed by atoms with Crippen LogP contribution in [-0.2, 0) is 0 Å². The summed E-state index contributed by atoms with van der Waals surface area (Å²) in [5.41, 5.74) is 12.3. The number of hydrogen-bond donors (Lipinski definition) is 2. The van der Waals surface area contributed by atoms with Crippen LogP contribution >= 0.6 is 0 Å². The van der Waals surface area contributed by atoms with E-state index in [2.05, 4.69) is 65.9 Å². The van der Waals surface area contributed by atoms with Crippen molar-refractivity contribution in [1.29, 1.82) is 0 Å². The molecule has 8 aromatic rings. The van der Waals surface area contributed by atoms with Crippen molar-refractivity contribution in [3.63, 3.8) is 0 Å². The Labute approximate surface area is 289 Å². The zero-order valence-electron chi connectivity index (χ0n) is 28.7. The van der Waals surface area contributed by atoms with Crippen LogP contribution in [0.1, 0.15) is 33.9 Å². The molecular weight excluding hydrogens is 624 g/mol. The second-order valence-corrected chi connectivity index (χ2v) is 12.1. The fraction of sp³-hybridized carbons (Fsp3) is 0.150. The molecule has 0 radical (unpaired) electrons. The van der Waals surface area contributed by atoms with E-state index in [4.69, 9.17) is 9.47 Å². The van der Waals surface area contributed by atoms with E-state index in [1.54, 1.807) is 25.0 Å². The first kappa shape index (κ1) is 32.1. The predicted molar refractivity (Wildman–Crippen MR) is 196 cm³/mol. The molecule has 0 spiro atoms. The smallest absolute Gasteiger partial charge is 0.243 e. The van der Waals surface area contributed by atoms with Gasteiger partial charge in [-0.25, -0.2) is 29.9 Å². The summed E-state index contributed by atoms with van der Waals surface area (Å²) in [7, 11) is 0. The van der Waals surface area contributed by atoms with Crippen LogP contribution in [-0.4, -0.2) is 39.9 Å². The van der Waals surface area contributed by atoms with Gasteiger partial charge in [0.15, 0.2) is 0 Å². The highest BCUT2D eigenvalue weighted by Gasteiger charge is 2.14. The van der Waals surface area contributed by atoms with Crippen LogP contribution in [0.4, 0.5) is 0 Å². The van der Waals surface area contributed by atoms with Crippen molar-refractivity contribution < 1.29 is 9.47 Å². The van der Waals surface area contributed by atoms with Crippen LogP contribution in [0.25, 0.3) is 44.1 Å². The third kappa shape index (κ3) is 6.38. The molecule has 248 valence electrons. The zero-order chi connectivity index (χ0) is 34.8. The fourth-order valence-electron chi connectivity index (χ4n) is 6.21. The molecule has 2 N–H and O–H groups in total. The first-order valence-corrected chi connectivity index (χ1v) is 16.2. The Morgan fingerprint density at radius 2 is 0.860 bits per heavy atom. The van der Waals surface area contributed by atoms with Crippen LogP contribution in [0.3, 0.4) is 0 Å². The van der Waals surface area contributed by atoms with Gasteiger partial charge in [0.2, 0.25) is 11.8 Å². The van der Waals surface area contributed by atoms with E-state index in [0.717, 1.165) is 89.5 Å². The maximum Gasteiger partial charge on any atom is 0.243 e. The number of aryl methyl sites for hydroxylation is 6. The second kappa shape index (κ2) is 13.6. The maximum atomic E-state index is 6.01. The average molecular weight is 661 g/mol. The molecule has 0 saturated carbocycles. The SMILES string of the molecule is Cc1cc(Oc2nccc3cc[nH]c23)ccc1-c1c(C)ncnc1C.Cc1cc(Oc2nccc3cc[nH]c23)ccc1-c1c(C)ncnc1C. The van der Waals surface area contributed by atoms with E-state index in [0.29, 0.717) is 11.8 Å². The lowest BCUT2D eigenvalue weighted by Gasteiger charge is -2.13. The van der Waals surface area contributed by atoms with Gasteiger partial charge in [-0.2, -0.15) is 0 Å². The number of pyridine rings is 2. The summed E-state index contributed by atoms with van der Waals surface area (Å²) < 4.78 is 12.0. The molecule has 0 aliphatic heterocycles. The van der Waals surface area contributed by atoms with Gasteiger partial charge < -0.3 is 19.4 Å². The third-order valence-electron chi connectivity index (χ3n) is 8.69. The van der Waals surface area contributed by atoms with Gasteiger partial charge in [-0.15, -0.1) is 0 Å². The Hall–Kier alpha value is -6.42. The standard InChI is InChI=1S/2C20H18N4O/c2*1-12-10-16(25-20-19-15(6-8-21-19)7-9-22-20)4-5-17(12)18-13(2)23-11-24-14(18)3/h2*4-11,21H,1-3H3. The highest BCUT2D eigenvalue weighted by atomic mass is 16.5. The molecule has 6 heterocycles. The van der Waals surface area contributed by atoms with Gasteiger partial charge in [-0.3, -0.25) is 0 Å². The molecule has 8 rings (SSSR count). The molecule has 50 heavy (non-hydrogen) atoms. The second-order valence-electron chi connectivity index (χ2n) is 12.1. The number of rotatable bonds is 6. The molecule has 0 amide bonds. The summed E-state index contributed by atoms with van der Waals surface area (Å²) in [6.45, 7) is 12.1. The van der Waals surface area contributed by atoms with Gasteiger partial charge in [-0.1, -0.05) is 12.1 Å². The summed E-state index contributed by atoms with van der Waals surface area (Å²) in [4.78, 5) is 32.3. The number of aromatic nitrogens is 8. The molecule has 6 aromatic heterocycles. The van der Waals surface area contributed by atoms with Crippen LogP contribution in [0.2, 0.25) is 0 Å². The number of aromatic amines is 2. The normalized spacial score (nSPS) is 11.0. The molecular formula is C40H36N8O2. The van der Waals surface area contributed by atoms with E-state index >= 15 is 0 Å². The van der Waals surface area contributed by atoms with Crippen LogP contribution in [0, 0.1) is 41.5 Å². The third-order valence-corrected chi connectivity index (χ3v) is 8.69. The maximum absolute atomic E-state index is 6.01. The van der Waals surface area contributed by atoms with E-state index in [1.807, 2.05) is 88.6 Å². The van der Waals surface area contributed by atoms with E-state index in [1.165, 1.54) is 0 Å². The monoisotopic (exact) mass is 660 g/mol. The number of hydrogen-bond acceptors (Lipinski definition) is 8. The summed E-state index contributed by atoms with van der Waals surface area (Å²) in [5, 5.41) is 2.15. The summed E-state index contributed by atoms with van der Waals surface area (Å²) in [6, 6.07) is 20.0. The minimum atomic E-state index is 0.574. The highest BCUT2D eigenvalue weighted by molar-refractivity contribution is 5.84. The summed E-state index contributed by atoms with van der Waals surface area (Å²) >= 11 is 0. The predicted octanol–water partition coefficient (Wildman–Crippen LogP) is 9.47. The molecule has 0 unspecified atom stereocenters. The van der Waals surface area contributed by atoms with E-state index in [9.17, 15) is 0 Å². The van der Waals surface area contributed by atoms with Crippen LogP contribution in [0.15, 0.2) is 98.1 Å². The van der Waals surface area contributed by atoms with Gasteiger partial charge in [0.25, 0.3) is 0 Å². The number of nitrogens with zero attached hydrogens (tertiary/aromatic N) is 6. The molecule has 0 bridgehead atoms. The average Bonchev–Trinajstić information content (AvgIpc) is 3.78. The molecule has 0 aliphatic carbocycles. The minimum absolute atomic E-state index is 0.574. The molecule has 0 aliphatic rings. The number of nitrogens with one attached hydrogen (secondary N) is 2. The van der Waals surface area contributed by atoms with Gasteiger partial charge >= 0.3 is 0 Å². The Morgan fingerprint density at radius 1 is 0.460 bits per heavy atom. The quantitative estimate of drug-likeness (QED) is 0.181. The molecule has 0 atom stereocenters. The molecule has 10 heteroatoms. The number of fused-ring (bicyclic) bond motifs is 2. The largest absolute Gasteiger partial charge is 0.437 e. The lowest BCUT2D eigenvalue weighted by molar-refractivity contribution is 0.467. The summed E-state index contributed by atoms with van der Waals surface area (Å²) in [6.07, 6.45) is 10.5. The zero-order valence-corrected chi connectivity index (χ0v) is 28.7. The molecule has 10 nitrogen and oxygen atoms in total. The van der Waals surface area contributed by atoms with Crippen molar-refractivity contribution in [1.82, 2.24) is 39.9 Å². The Balaban J connectivity index is 0.000000157. The Morgan fingerprint density at radius 3 is 1.24 bits per heavy atom.